The molecule has 19 heavy (non-hydrogen) atoms. The molecule has 1 aliphatic heterocycles. The molecule has 0 spiro atoms. The Hall–Kier alpha value is -1.20. The van der Waals surface area contributed by atoms with Gasteiger partial charge in [0.05, 0.1) is 8.66 Å². The monoisotopic (exact) mass is 336 g/mol. The van der Waals surface area contributed by atoms with Gasteiger partial charge in [0.1, 0.15) is 0 Å². The first-order valence-electron chi connectivity index (χ1n) is 6.13. The summed E-state index contributed by atoms with van der Waals surface area (Å²) in [5.41, 5.74) is 3.40. The van der Waals surface area contributed by atoms with Gasteiger partial charge in [0, 0.05) is 31.4 Å². The molecule has 0 unspecified atom stereocenters. The average molecular weight is 337 g/mol. The summed E-state index contributed by atoms with van der Waals surface area (Å²) in [5, 5.41) is 0. The lowest BCUT2D eigenvalue weighted by Crippen LogP contribution is -2.35. The molecular formula is C14H13BrN2OS. The molecule has 0 saturated heterocycles. The third-order valence-corrected chi connectivity index (χ3v) is 5.44. The number of amides is 1. The van der Waals surface area contributed by atoms with Crippen LogP contribution in [-0.2, 0) is 13.0 Å². The van der Waals surface area contributed by atoms with Crippen LogP contribution < -0.4 is 0 Å². The minimum atomic E-state index is 0.119. The van der Waals surface area contributed by atoms with E-state index < -0.39 is 0 Å². The molecule has 3 nitrogen and oxygen atoms in total. The standard InChI is InChI=1S/C14H13BrN2OS/c1-9-7-12(19-13(9)15)14(18)17-6-4-11-10(8-17)3-2-5-16-11/h2-3,5,7H,4,6,8H2,1H3. The summed E-state index contributed by atoms with van der Waals surface area (Å²) in [6.45, 7) is 3.42. The fourth-order valence-electron chi connectivity index (χ4n) is 2.26. The number of halogens is 1. The van der Waals surface area contributed by atoms with Crippen LogP contribution in [0.15, 0.2) is 28.2 Å². The van der Waals surface area contributed by atoms with Crippen molar-refractivity contribution in [3.8, 4) is 0 Å². The number of carbonyl (C=O) groups excluding carboxylic acids is 1. The third-order valence-electron chi connectivity index (χ3n) is 3.32. The summed E-state index contributed by atoms with van der Waals surface area (Å²) in [5.74, 6) is 0.119. The maximum atomic E-state index is 12.5. The van der Waals surface area contributed by atoms with E-state index in [1.165, 1.54) is 11.3 Å². The van der Waals surface area contributed by atoms with E-state index >= 15 is 0 Å². The van der Waals surface area contributed by atoms with Crippen molar-refractivity contribution in [1.82, 2.24) is 9.88 Å². The molecule has 3 rings (SSSR count). The molecule has 1 aliphatic rings. The van der Waals surface area contributed by atoms with Gasteiger partial charge in [-0.1, -0.05) is 6.07 Å². The van der Waals surface area contributed by atoms with Gasteiger partial charge in [-0.25, -0.2) is 0 Å². The zero-order chi connectivity index (χ0) is 13.4. The van der Waals surface area contributed by atoms with E-state index in [-0.39, 0.29) is 5.91 Å². The van der Waals surface area contributed by atoms with Gasteiger partial charge in [0.2, 0.25) is 0 Å². The van der Waals surface area contributed by atoms with E-state index in [4.69, 9.17) is 0 Å². The first kappa shape index (κ1) is 12.8. The summed E-state index contributed by atoms with van der Waals surface area (Å²) in [6.07, 6.45) is 2.66. The SMILES string of the molecule is Cc1cc(C(=O)N2CCc3ncccc3C2)sc1Br. The fraction of sp³-hybridized carbons (Fsp3) is 0.286. The highest BCUT2D eigenvalue weighted by atomic mass is 79.9. The molecule has 0 fully saturated rings. The maximum Gasteiger partial charge on any atom is 0.264 e. The van der Waals surface area contributed by atoms with E-state index in [0.29, 0.717) is 6.54 Å². The molecule has 1 amide bonds. The van der Waals surface area contributed by atoms with Gasteiger partial charge in [0.25, 0.3) is 5.91 Å². The first-order chi connectivity index (χ1) is 9.15. The number of rotatable bonds is 1. The van der Waals surface area contributed by atoms with Crippen molar-refractivity contribution >= 4 is 33.2 Å². The predicted octanol–water partition coefficient (Wildman–Crippen LogP) is 3.41. The largest absolute Gasteiger partial charge is 0.333 e. The lowest BCUT2D eigenvalue weighted by Gasteiger charge is -2.27. The van der Waals surface area contributed by atoms with Crippen molar-refractivity contribution in [1.29, 1.82) is 0 Å². The number of aromatic nitrogens is 1. The summed E-state index contributed by atoms with van der Waals surface area (Å²) in [6, 6.07) is 5.94. The van der Waals surface area contributed by atoms with Gasteiger partial charge in [-0.3, -0.25) is 9.78 Å². The molecule has 2 aromatic heterocycles. The van der Waals surface area contributed by atoms with Gasteiger partial charge >= 0.3 is 0 Å². The second-order valence-electron chi connectivity index (χ2n) is 4.65. The zero-order valence-electron chi connectivity index (χ0n) is 10.5. The van der Waals surface area contributed by atoms with Crippen LogP contribution in [0.2, 0.25) is 0 Å². The molecule has 98 valence electrons. The Labute approximate surface area is 124 Å². The van der Waals surface area contributed by atoms with E-state index in [2.05, 4.69) is 27.0 Å². The van der Waals surface area contributed by atoms with Crippen molar-refractivity contribution in [3.05, 3.63) is 49.9 Å². The van der Waals surface area contributed by atoms with Crippen molar-refractivity contribution in [3.63, 3.8) is 0 Å². The minimum Gasteiger partial charge on any atom is -0.333 e. The van der Waals surface area contributed by atoms with Crippen LogP contribution in [0, 0.1) is 6.92 Å². The Bertz CT molecular complexity index is 619. The second-order valence-corrected chi connectivity index (χ2v) is 7.02. The lowest BCUT2D eigenvalue weighted by atomic mass is 10.1. The summed E-state index contributed by atoms with van der Waals surface area (Å²) < 4.78 is 1.04. The highest BCUT2D eigenvalue weighted by Gasteiger charge is 2.23. The fourth-order valence-corrected chi connectivity index (χ4v) is 3.76. The van der Waals surface area contributed by atoms with Gasteiger partial charge in [-0.2, -0.15) is 0 Å². The highest BCUT2D eigenvalue weighted by Crippen LogP contribution is 2.29. The Morgan fingerprint density at radius 3 is 3.11 bits per heavy atom. The van der Waals surface area contributed by atoms with Gasteiger partial charge in [-0.05, 0) is 46.1 Å². The van der Waals surface area contributed by atoms with Crippen LogP contribution in [0.4, 0.5) is 0 Å². The lowest BCUT2D eigenvalue weighted by molar-refractivity contribution is 0.0738. The van der Waals surface area contributed by atoms with E-state index in [1.54, 1.807) is 0 Å². The Morgan fingerprint density at radius 1 is 1.53 bits per heavy atom. The number of nitrogens with zero attached hydrogens (tertiary/aromatic N) is 2. The van der Waals surface area contributed by atoms with Crippen LogP contribution in [0.1, 0.15) is 26.5 Å². The van der Waals surface area contributed by atoms with Crippen LogP contribution in [0.5, 0.6) is 0 Å². The smallest absolute Gasteiger partial charge is 0.264 e. The average Bonchev–Trinajstić information content (AvgIpc) is 2.77. The number of thiophene rings is 1. The Balaban J connectivity index is 1.83. The molecule has 0 N–H and O–H groups in total. The third kappa shape index (κ3) is 2.44. The highest BCUT2D eigenvalue weighted by molar-refractivity contribution is 9.11. The van der Waals surface area contributed by atoms with Crippen molar-refractivity contribution < 1.29 is 4.79 Å². The molecule has 0 aromatic carbocycles. The molecular weight excluding hydrogens is 324 g/mol. The van der Waals surface area contributed by atoms with Crippen molar-refractivity contribution in [2.24, 2.45) is 0 Å². The first-order valence-corrected chi connectivity index (χ1v) is 7.74. The number of hydrogen-bond donors (Lipinski definition) is 0. The van der Waals surface area contributed by atoms with Crippen LogP contribution in [-0.4, -0.2) is 22.3 Å². The van der Waals surface area contributed by atoms with Crippen LogP contribution in [0.25, 0.3) is 0 Å². The second kappa shape index (κ2) is 5.06. The van der Waals surface area contributed by atoms with E-state index in [1.807, 2.05) is 30.2 Å². The van der Waals surface area contributed by atoms with Gasteiger partial charge < -0.3 is 4.90 Å². The quantitative estimate of drug-likeness (QED) is 0.799. The number of aryl methyl sites for hydroxylation is 1. The zero-order valence-corrected chi connectivity index (χ0v) is 12.9. The molecule has 5 heteroatoms. The molecule has 0 atom stereocenters. The summed E-state index contributed by atoms with van der Waals surface area (Å²) in [4.78, 5) is 19.5. The number of pyridine rings is 1. The molecule has 0 radical (unpaired) electrons. The van der Waals surface area contributed by atoms with Crippen molar-refractivity contribution in [2.45, 2.75) is 19.9 Å². The van der Waals surface area contributed by atoms with Crippen LogP contribution >= 0.6 is 27.3 Å². The summed E-state index contributed by atoms with van der Waals surface area (Å²) in [7, 11) is 0. The van der Waals surface area contributed by atoms with Crippen molar-refractivity contribution in [2.75, 3.05) is 6.54 Å². The predicted molar refractivity (Wildman–Crippen MR) is 79.4 cm³/mol. The molecule has 0 saturated carbocycles. The molecule has 0 bridgehead atoms. The van der Waals surface area contributed by atoms with E-state index in [9.17, 15) is 4.79 Å². The summed E-state index contributed by atoms with van der Waals surface area (Å²) >= 11 is 4.98. The molecule has 2 aromatic rings. The van der Waals surface area contributed by atoms with Gasteiger partial charge in [-0.15, -0.1) is 11.3 Å². The Kier molecular flexibility index (Phi) is 3.41. The Morgan fingerprint density at radius 2 is 2.37 bits per heavy atom. The number of hydrogen-bond acceptors (Lipinski definition) is 3. The topological polar surface area (TPSA) is 33.2 Å². The van der Waals surface area contributed by atoms with Gasteiger partial charge in [0.15, 0.2) is 0 Å². The minimum absolute atomic E-state index is 0.119. The normalized spacial score (nSPS) is 14.3. The number of fused-ring (bicyclic) bond motifs is 1. The molecule has 0 aliphatic carbocycles. The van der Waals surface area contributed by atoms with Crippen LogP contribution in [0.3, 0.4) is 0 Å². The maximum absolute atomic E-state index is 12.5. The molecule has 3 heterocycles. The van der Waals surface area contributed by atoms with E-state index in [0.717, 1.165) is 38.4 Å². The number of carbonyl (C=O) groups is 1.